The van der Waals surface area contributed by atoms with Crippen LogP contribution in [-0.2, 0) is 75.8 Å². The van der Waals surface area contributed by atoms with E-state index in [9.17, 15) is 0 Å². The van der Waals surface area contributed by atoms with Crippen molar-refractivity contribution >= 4 is 0 Å². The lowest BCUT2D eigenvalue weighted by Gasteiger charge is -2.47. The quantitative estimate of drug-likeness (QED) is 0.134. The maximum Gasteiger partial charge on any atom is 0.187 e. The summed E-state index contributed by atoms with van der Waals surface area (Å²) in [4.78, 5) is 0. The first-order chi connectivity index (χ1) is 22.3. The first-order valence-corrected chi connectivity index (χ1v) is 15.1. The minimum absolute atomic E-state index is 0.158. The Morgan fingerprint density at radius 1 is 0.478 bits per heavy atom. The minimum Gasteiger partial charge on any atom is -0.382 e. The molecule has 2 heterocycles. The average Bonchev–Trinajstić information content (AvgIpc) is 3.42. The second-order valence-electron chi connectivity index (χ2n) is 10.9. The van der Waals surface area contributed by atoms with Crippen LogP contribution in [0.3, 0.4) is 0 Å². The van der Waals surface area contributed by atoms with Crippen molar-refractivity contribution in [3.05, 3.63) is 0 Å². The highest BCUT2D eigenvalue weighted by Gasteiger charge is 2.55. The van der Waals surface area contributed by atoms with Crippen molar-refractivity contribution in [3.63, 3.8) is 0 Å². The van der Waals surface area contributed by atoms with E-state index in [1.165, 1.54) is 7.11 Å². The van der Waals surface area contributed by atoms with Gasteiger partial charge in [0, 0.05) is 85.3 Å². The van der Waals surface area contributed by atoms with Crippen LogP contribution in [0.15, 0.2) is 0 Å². The average molecular weight is 675 g/mol. The molecule has 0 radical (unpaired) electrons. The molecule has 46 heavy (non-hydrogen) atoms. The van der Waals surface area contributed by atoms with Crippen LogP contribution in [0.25, 0.3) is 0 Å². The number of ether oxygens (including phenoxy) is 16. The monoisotopic (exact) mass is 674 g/mol. The Bertz CT molecular complexity index is 781. The van der Waals surface area contributed by atoms with E-state index in [2.05, 4.69) is 0 Å². The molecule has 2 rings (SSSR count). The lowest BCUT2D eigenvalue weighted by Crippen LogP contribution is -2.64. The van der Waals surface area contributed by atoms with Gasteiger partial charge in [0.15, 0.2) is 12.6 Å². The molecule has 0 aromatic heterocycles. The highest BCUT2D eigenvalue weighted by Crippen LogP contribution is 2.36. The fourth-order valence-corrected chi connectivity index (χ4v) is 6.12. The third kappa shape index (κ3) is 10.2. The highest BCUT2D eigenvalue weighted by atomic mass is 16.8. The van der Waals surface area contributed by atoms with E-state index in [0.717, 1.165) is 0 Å². The standard InChI is InChI=1S/C30H58O16/c1-31-13-17(35-5)21(38-8)23(18(36-6)14-32-2)44-29-28(42-12)26(22(39-9)20(43-29)16-34-4)46-30-27(41-11)25(40-10)24(45-30)19(37-7)15-33-3/h17-30H,13-16H2,1-12H3. The first kappa shape index (κ1) is 41.5. The zero-order valence-electron chi connectivity index (χ0n) is 29.4. The van der Waals surface area contributed by atoms with E-state index >= 15 is 0 Å². The summed E-state index contributed by atoms with van der Waals surface area (Å²) >= 11 is 0. The molecule has 2 aliphatic rings. The fourth-order valence-electron chi connectivity index (χ4n) is 6.12. The molecule has 0 spiro atoms. The van der Waals surface area contributed by atoms with Gasteiger partial charge in [-0.15, -0.1) is 0 Å². The van der Waals surface area contributed by atoms with Gasteiger partial charge in [-0.1, -0.05) is 0 Å². The summed E-state index contributed by atoms with van der Waals surface area (Å²) in [6.07, 6.45) is -9.68. The second kappa shape index (κ2) is 22.2. The summed E-state index contributed by atoms with van der Waals surface area (Å²) in [7, 11) is 18.8. The van der Waals surface area contributed by atoms with Crippen molar-refractivity contribution in [2.75, 3.05) is 112 Å². The predicted molar refractivity (Wildman–Crippen MR) is 161 cm³/mol. The first-order valence-electron chi connectivity index (χ1n) is 15.1. The molecule has 274 valence electrons. The van der Waals surface area contributed by atoms with Crippen LogP contribution in [0.2, 0.25) is 0 Å². The minimum atomic E-state index is -1.03. The van der Waals surface area contributed by atoms with E-state index < -0.39 is 85.8 Å². The number of hydrogen-bond donors (Lipinski definition) is 0. The van der Waals surface area contributed by atoms with E-state index in [-0.39, 0.29) is 26.4 Å². The summed E-state index contributed by atoms with van der Waals surface area (Å²) in [5, 5.41) is 0. The molecule has 0 aliphatic carbocycles. The molecule has 14 unspecified atom stereocenters. The third-order valence-electron chi connectivity index (χ3n) is 8.40. The molecular weight excluding hydrogens is 616 g/mol. The molecular formula is C30H58O16. The smallest absolute Gasteiger partial charge is 0.187 e. The molecule has 0 aromatic carbocycles. The topological polar surface area (TPSA) is 148 Å². The van der Waals surface area contributed by atoms with Crippen molar-refractivity contribution in [3.8, 4) is 0 Å². The van der Waals surface area contributed by atoms with Crippen LogP contribution < -0.4 is 0 Å². The molecule has 0 aromatic rings. The second-order valence-corrected chi connectivity index (χ2v) is 10.9. The fraction of sp³-hybridized carbons (Fsp3) is 1.00. The maximum atomic E-state index is 6.71. The molecule has 14 atom stereocenters. The Kier molecular flexibility index (Phi) is 20.0. The zero-order chi connectivity index (χ0) is 34.2. The summed E-state index contributed by atoms with van der Waals surface area (Å²) in [5.74, 6) is 0. The SMILES string of the molecule is COCC(OC)C(OC)C(OC1OC(COC)C(OC)C(OC2OC(C(COC)OC)C(OC)C2OC)C1OC)C(COC)OC. The van der Waals surface area contributed by atoms with E-state index in [1.54, 1.807) is 78.2 Å². The van der Waals surface area contributed by atoms with Crippen LogP contribution in [0.4, 0.5) is 0 Å². The van der Waals surface area contributed by atoms with E-state index in [4.69, 9.17) is 75.8 Å². The Morgan fingerprint density at radius 2 is 1.02 bits per heavy atom. The van der Waals surface area contributed by atoms with Gasteiger partial charge in [-0.3, -0.25) is 0 Å². The molecule has 0 N–H and O–H groups in total. The molecule has 0 amide bonds. The van der Waals surface area contributed by atoms with Crippen LogP contribution in [0, 0.1) is 0 Å². The number of rotatable bonds is 24. The van der Waals surface area contributed by atoms with Crippen molar-refractivity contribution < 1.29 is 75.8 Å². The van der Waals surface area contributed by atoms with Gasteiger partial charge in [-0.25, -0.2) is 0 Å². The van der Waals surface area contributed by atoms with Gasteiger partial charge in [0.05, 0.1) is 26.4 Å². The van der Waals surface area contributed by atoms with E-state index in [1.807, 2.05) is 0 Å². The van der Waals surface area contributed by atoms with Gasteiger partial charge >= 0.3 is 0 Å². The molecule has 2 fully saturated rings. The lowest BCUT2D eigenvalue weighted by atomic mass is 9.97. The van der Waals surface area contributed by atoms with Gasteiger partial charge in [0.1, 0.15) is 73.2 Å². The van der Waals surface area contributed by atoms with Gasteiger partial charge in [0.25, 0.3) is 0 Å². The number of hydrogen-bond acceptors (Lipinski definition) is 16. The molecule has 2 saturated heterocycles. The highest BCUT2D eigenvalue weighted by molar-refractivity contribution is 4.98. The van der Waals surface area contributed by atoms with Crippen molar-refractivity contribution in [1.82, 2.24) is 0 Å². The van der Waals surface area contributed by atoms with Crippen molar-refractivity contribution in [1.29, 1.82) is 0 Å². The Labute approximate surface area is 273 Å². The Balaban J connectivity index is 2.53. The third-order valence-corrected chi connectivity index (χ3v) is 8.40. The van der Waals surface area contributed by atoms with Crippen molar-refractivity contribution in [2.45, 2.75) is 85.8 Å². The Morgan fingerprint density at radius 3 is 1.48 bits per heavy atom. The molecule has 0 bridgehead atoms. The van der Waals surface area contributed by atoms with E-state index in [0.29, 0.717) is 0 Å². The predicted octanol–water partition coefficient (Wildman–Crippen LogP) is -0.0878. The van der Waals surface area contributed by atoms with Crippen molar-refractivity contribution in [2.24, 2.45) is 0 Å². The molecule has 2 aliphatic heterocycles. The normalized spacial score (nSPS) is 33.5. The van der Waals surface area contributed by atoms with Gasteiger partial charge in [-0.05, 0) is 0 Å². The number of methoxy groups -OCH3 is 12. The Hall–Kier alpha value is -0.640. The van der Waals surface area contributed by atoms with Crippen LogP contribution in [-0.4, -0.2) is 198 Å². The van der Waals surface area contributed by atoms with Crippen LogP contribution in [0.1, 0.15) is 0 Å². The van der Waals surface area contributed by atoms with Crippen LogP contribution in [0.5, 0.6) is 0 Å². The molecule has 16 heteroatoms. The van der Waals surface area contributed by atoms with Gasteiger partial charge in [-0.2, -0.15) is 0 Å². The lowest BCUT2D eigenvalue weighted by molar-refractivity contribution is -0.356. The molecule has 16 nitrogen and oxygen atoms in total. The maximum absolute atomic E-state index is 6.71. The summed E-state index contributed by atoms with van der Waals surface area (Å²) in [6, 6.07) is 0. The van der Waals surface area contributed by atoms with Gasteiger partial charge < -0.3 is 75.8 Å². The van der Waals surface area contributed by atoms with Gasteiger partial charge in [0.2, 0.25) is 0 Å². The summed E-state index contributed by atoms with van der Waals surface area (Å²) in [5.41, 5.74) is 0. The van der Waals surface area contributed by atoms with Crippen LogP contribution >= 0.6 is 0 Å². The summed E-state index contributed by atoms with van der Waals surface area (Å²) in [6.45, 7) is 0.839. The largest absolute Gasteiger partial charge is 0.382 e. The zero-order valence-corrected chi connectivity index (χ0v) is 29.4. The molecule has 0 saturated carbocycles. The summed E-state index contributed by atoms with van der Waals surface area (Å²) < 4.78 is 94.7.